The van der Waals surface area contributed by atoms with Crippen molar-refractivity contribution in [2.45, 2.75) is 13.5 Å². The number of hydrogen-bond donors (Lipinski definition) is 3. The molecule has 2 heterocycles. The van der Waals surface area contributed by atoms with Gasteiger partial charge in [-0.1, -0.05) is 36.4 Å². The van der Waals surface area contributed by atoms with Crippen LogP contribution in [0.3, 0.4) is 0 Å². The summed E-state index contributed by atoms with van der Waals surface area (Å²) < 4.78 is 5.08. The van der Waals surface area contributed by atoms with Crippen molar-refractivity contribution in [2.75, 3.05) is 25.6 Å². The van der Waals surface area contributed by atoms with E-state index in [2.05, 4.69) is 57.9 Å². The topological polar surface area (TPSA) is 85.8 Å². The highest BCUT2D eigenvalue weighted by molar-refractivity contribution is 5.90. The first-order chi connectivity index (χ1) is 16.2. The van der Waals surface area contributed by atoms with Gasteiger partial charge < -0.3 is 20.4 Å². The van der Waals surface area contributed by atoms with E-state index in [1.807, 2.05) is 36.5 Å². The summed E-state index contributed by atoms with van der Waals surface area (Å²) in [6, 6.07) is 16.8. The van der Waals surface area contributed by atoms with Crippen LogP contribution in [0.4, 0.5) is 11.4 Å². The molecular weight excluding hydrogens is 410 g/mol. The van der Waals surface area contributed by atoms with Crippen molar-refractivity contribution < 1.29 is 4.74 Å². The second-order valence-electron chi connectivity index (χ2n) is 7.81. The second kappa shape index (κ2) is 10.6. The van der Waals surface area contributed by atoms with Crippen molar-refractivity contribution in [3.05, 3.63) is 88.9 Å². The number of benzene rings is 2. The number of methoxy groups -OCH3 is 1. The van der Waals surface area contributed by atoms with Gasteiger partial charge in [-0.05, 0) is 41.8 Å². The number of nitriles is 1. The first kappa shape index (κ1) is 22.3. The summed E-state index contributed by atoms with van der Waals surface area (Å²) in [5, 5.41) is 17.7. The third-order valence-corrected chi connectivity index (χ3v) is 5.58. The Kier molecular flexibility index (Phi) is 7.16. The SMILES string of the molecule is COCCNCc1cccc(C=Cc2cncc(C#N)c2Nc2ccc3[nH]ccc3c2C)c1. The van der Waals surface area contributed by atoms with Gasteiger partial charge in [0.2, 0.25) is 0 Å². The number of hydrogen-bond acceptors (Lipinski definition) is 5. The number of aromatic amines is 1. The second-order valence-corrected chi connectivity index (χ2v) is 7.81. The molecule has 2 aromatic carbocycles. The van der Waals surface area contributed by atoms with Gasteiger partial charge in [0.25, 0.3) is 0 Å². The van der Waals surface area contributed by atoms with Gasteiger partial charge in [-0.25, -0.2) is 0 Å². The molecule has 0 saturated heterocycles. The molecule has 6 heteroatoms. The minimum atomic E-state index is 0.502. The molecule has 0 bridgehead atoms. The number of rotatable bonds is 9. The highest BCUT2D eigenvalue weighted by Gasteiger charge is 2.11. The van der Waals surface area contributed by atoms with E-state index < -0.39 is 0 Å². The number of pyridine rings is 1. The average Bonchev–Trinajstić information content (AvgIpc) is 3.33. The lowest BCUT2D eigenvalue weighted by Crippen LogP contribution is -2.18. The Labute approximate surface area is 193 Å². The molecule has 2 aromatic heterocycles. The summed E-state index contributed by atoms with van der Waals surface area (Å²) in [6.45, 7) is 4.36. The van der Waals surface area contributed by atoms with Crippen molar-refractivity contribution >= 4 is 34.4 Å². The van der Waals surface area contributed by atoms with Crippen LogP contribution in [0.1, 0.15) is 27.8 Å². The van der Waals surface area contributed by atoms with Crippen LogP contribution in [0.15, 0.2) is 61.1 Å². The Balaban J connectivity index is 1.59. The van der Waals surface area contributed by atoms with Crippen molar-refractivity contribution in [1.29, 1.82) is 5.26 Å². The molecule has 6 nitrogen and oxygen atoms in total. The molecule has 166 valence electrons. The maximum atomic E-state index is 9.70. The zero-order valence-corrected chi connectivity index (χ0v) is 18.9. The fourth-order valence-electron chi connectivity index (χ4n) is 3.78. The molecule has 33 heavy (non-hydrogen) atoms. The van der Waals surface area contributed by atoms with Crippen molar-refractivity contribution in [2.24, 2.45) is 0 Å². The molecule has 0 aliphatic carbocycles. The predicted molar refractivity (Wildman–Crippen MR) is 134 cm³/mol. The summed E-state index contributed by atoms with van der Waals surface area (Å²) in [4.78, 5) is 7.50. The number of fused-ring (bicyclic) bond motifs is 1. The normalized spacial score (nSPS) is 11.2. The van der Waals surface area contributed by atoms with Gasteiger partial charge in [-0.15, -0.1) is 0 Å². The van der Waals surface area contributed by atoms with Crippen LogP contribution < -0.4 is 10.6 Å². The van der Waals surface area contributed by atoms with Crippen LogP contribution in [0.2, 0.25) is 0 Å². The number of H-pyrrole nitrogens is 1. The molecule has 0 radical (unpaired) electrons. The van der Waals surface area contributed by atoms with E-state index in [1.54, 1.807) is 19.5 Å². The summed E-state index contributed by atoms with van der Waals surface area (Å²) in [7, 11) is 1.70. The van der Waals surface area contributed by atoms with Crippen molar-refractivity contribution in [1.82, 2.24) is 15.3 Å². The quantitative estimate of drug-likeness (QED) is 0.306. The standard InChI is InChI=1S/C27H27N5O/c1-19-24-10-11-31-26(24)9-8-25(19)32-27-22(17-30-18-23(27)15-28)7-6-20-4-3-5-21(14-20)16-29-12-13-33-2/h3-11,14,17-18,29,31H,12-13,16H2,1-2H3,(H,30,32). The molecule has 4 aromatic rings. The van der Waals surface area contributed by atoms with Crippen LogP contribution in [-0.4, -0.2) is 30.2 Å². The van der Waals surface area contributed by atoms with Crippen molar-refractivity contribution in [3.8, 4) is 6.07 Å². The molecular formula is C27H27N5O. The number of nitrogens with one attached hydrogen (secondary N) is 3. The first-order valence-electron chi connectivity index (χ1n) is 10.9. The smallest absolute Gasteiger partial charge is 0.103 e. The van der Waals surface area contributed by atoms with Crippen molar-refractivity contribution in [3.63, 3.8) is 0 Å². The monoisotopic (exact) mass is 437 g/mol. The van der Waals surface area contributed by atoms with Crippen LogP contribution in [0.25, 0.3) is 23.1 Å². The van der Waals surface area contributed by atoms with E-state index in [0.29, 0.717) is 12.2 Å². The van der Waals surface area contributed by atoms with Crippen LogP contribution in [-0.2, 0) is 11.3 Å². The Morgan fingerprint density at radius 2 is 2.06 bits per heavy atom. The lowest BCUT2D eigenvalue weighted by molar-refractivity contribution is 0.199. The minimum Gasteiger partial charge on any atom is -0.383 e. The lowest BCUT2D eigenvalue weighted by atomic mass is 10.1. The fourth-order valence-corrected chi connectivity index (χ4v) is 3.78. The third kappa shape index (κ3) is 5.29. The zero-order valence-electron chi connectivity index (χ0n) is 18.9. The Morgan fingerprint density at radius 3 is 2.91 bits per heavy atom. The van der Waals surface area contributed by atoms with Gasteiger partial charge >= 0.3 is 0 Å². The molecule has 0 spiro atoms. The Bertz CT molecular complexity index is 1320. The minimum absolute atomic E-state index is 0.502. The lowest BCUT2D eigenvalue weighted by Gasteiger charge is -2.14. The van der Waals surface area contributed by atoms with E-state index in [9.17, 15) is 5.26 Å². The molecule has 3 N–H and O–H groups in total. The molecule has 0 atom stereocenters. The van der Waals surface area contributed by atoms with Crippen LogP contribution in [0.5, 0.6) is 0 Å². The van der Waals surface area contributed by atoms with Crippen LogP contribution in [0, 0.1) is 18.3 Å². The van der Waals surface area contributed by atoms with Crippen LogP contribution >= 0.6 is 0 Å². The van der Waals surface area contributed by atoms with E-state index in [4.69, 9.17) is 4.74 Å². The molecule has 0 amide bonds. The molecule has 0 fully saturated rings. The molecule has 4 rings (SSSR count). The molecule has 0 saturated carbocycles. The number of nitrogens with zero attached hydrogens (tertiary/aromatic N) is 2. The zero-order chi connectivity index (χ0) is 23.0. The summed E-state index contributed by atoms with van der Waals surface area (Å²) in [6.07, 6.45) is 9.35. The third-order valence-electron chi connectivity index (χ3n) is 5.58. The van der Waals surface area contributed by atoms with E-state index in [0.717, 1.165) is 52.1 Å². The summed E-state index contributed by atoms with van der Waals surface area (Å²) >= 11 is 0. The molecule has 0 unspecified atom stereocenters. The van der Waals surface area contributed by atoms with Gasteiger partial charge in [0.05, 0.1) is 17.9 Å². The average molecular weight is 438 g/mol. The number of aromatic nitrogens is 2. The Morgan fingerprint density at radius 1 is 1.15 bits per heavy atom. The van der Waals surface area contributed by atoms with Gasteiger partial charge in [0.1, 0.15) is 6.07 Å². The highest BCUT2D eigenvalue weighted by atomic mass is 16.5. The largest absolute Gasteiger partial charge is 0.383 e. The van der Waals surface area contributed by atoms with Gasteiger partial charge in [-0.3, -0.25) is 4.98 Å². The van der Waals surface area contributed by atoms with E-state index in [-0.39, 0.29) is 0 Å². The Hall–Kier alpha value is -3.92. The van der Waals surface area contributed by atoms with E-state index in [1.165, 1.54) is 5.56 Å². The molecule has 0 aliphatic rings. The first-order valence-corrected chi connectivity index (χ1v) is 10.9. The van der Waals surface area contributed by atoms with E-state index >= 15 is 0 Å². The number of aryl methyl sites for hydroxylation is 1. The maximum Gasteiger partial charge on any atom is 0.103 e. The van der Waals surface area contributed by atoms with Gasteiger partial charge in [-0.2, -0.15) is 5.26 Å². The highest BCUT2D eigenvalue weighted by Crippen LogP contribution is 2.31. The predicted octanol–water partition coefficient (Wildman–Crippen LogP) is 5.39. The summed E-state index contributed by atoms with van der Waals surface area (Å²) in [5.41, 5.74) is 7.56. The number of ether oxygens (including phenoxy) is 1. The van der Waals surface area contributed by atoms with Gasteiger partial charge in [0, 0.05) is 60.9 Å². The fraction of sp³-hybridized carbons (Fsp3) is 0.185. The summed E-state index contributed by atoms with van der Waals surface area (Å²) in [5.74, 6) is 0. The number of anilines is 2. The van der Waals surface area contributed by atoms with Gasteiger partial charge in [0.15, 0.2) is 0 Å². The maximum absolute atomic E-state index is 9.70. The molecule has 0 aliphatic heterocycles.